The molecule has 1 aliphatic heterocycles. The van der Waals surface area contributed by atoms with Crippen molar-refractivity contribution in [2.24, 2.45) is 0 Å². The van der Waals surface area contributed by atoms with E-state index in [-0.39, 0.29) is 10.9 Å². The van der Waals surface area contributed by atoms with Crippen LogP contribution in [0.5, 0.6) is 0 Å². The van der Waals surface area contributed by atoms with E-state index in [9.17, 15) is 13.2 Å². The molecule has 0 unspecified atom stereocenters. The largest absolute Gasteiger partial charge is 0.365 e. The molecule has 1 aromatic carbocycles. The van der Waals surface area contributed by atoms with Gasteiger partial charge in [0.1, 0.15) is 6.23 Å². The maximum absolute atomic E-state index is 12.7. The van der Waals surface area contributed by atoms with Gasteiger partial charge < -0.3 is 15.4 Å². The van der Waals surface area contributed by atoms with Gasteiger partial charge in [0.15, 0.2) is 0 Å². The van der Waals surface area contributed by atoms with Gasteiger partial charge in [0.05, 0.1) is 4.90 Å². The number of aromatic nitrogens is 1. The molecule has 0 spiro atoms. The first-order valence-electron chi connectivity index (χ1n) is 8.59. The van der Waals surface area contributed by atoms with E-state index in [1.807, 2.05) is 6.07 Å². The lowest BCUT2D eigenvalue weighted by Crippen LogP contribution is -2.36. The average molecular weight is 390 g/mol. The number of hydrogen-bond acceptors (Lipinski definition) is 5. The first-order valence-corrected chi connectivity index (χ1v) is 10.0. The van der Waals surface area contributed by atoms with Crippen LogP contribution < -0.4 is 10.6 Å². The Hall–Kier alpha value is -2.49. The van der Waals surface area contributed by atoms with Crippen LogP contribution in [0.25, 0.3) is 0 Å². The number of sulfonamides is 1. The molecule has 144 valence electrons. The molecule has 1 aromatic heterocycles. The highest BCUT2D eigenvalue weighted by molar-refractivity contribution is 7.89. The SMILES string of the molecule is CO[C@H]1CCCN1S(=O)(=O)c1ccc(NC(=O)NCc2cccnc2)cc1. The molecule has 27 heavy (non-hydrogen) atoms. The highest BCUT2D eigenvalue weighted by atomic mass is 32.2. The number of hydrogen-bond donors (Lipinski definition) is 2. The van der Waals surface area contributed by atoms with E-state index in [1.54, 1.807) is 30.6 Å². The van der Waals surface area contributed by atoms with Gasteiger partial charge in [0.25, 0.3) is 0 Å². The Labute approximate surface area is 158 Å². The zero-order valence-corrected chi connectivity index (χ0v) is 15.8. The van der Waals surface area contributed by atoms with E-state index >= 15 is 0 Å². The molecule has 1 aliphatic rings. The number of anilines is 1. The summed E-state index contributed by atoms with van der Waals surface area (Å²) in [6.07, 6.45) is 4.37. The van der Waals surface area contributed by atoms with Crippen molar-refractivity contribution in [3.8, 4) is 0 Å². The second-order valence-electron chi connectivity index (χ2n) is 6.14. The first-order chi connectivity index (χ1) is 13.0. The minimum Gasteiger partial charge on any atom is -0.365 e. The maximum atomic E-state index is 12.7. The Morgan fingerprint density at radius 2 is 2.07 bits per heavy atom. The lowest BCUT2D eigenvalue weighted by atomic mass is 10.3. The molecule has 8 nitrogen and oxygen atoms in total. The molecule has 1 atom stereocenters. The summed E-state index contributed by atoms with van der Waals surface area (Å²) in [5, 5.41) is 5.39. The van der Waals surface area contributed by atoms with Gasteiger partial charge in [-0.2, -0.15) is 4.31 Å². The molecular formula is C18H22N4O4S. The second-order valence-corrected chi connectivity index (χ2v) is 8.03. The molecule has 0 radical (unpaired) electrons. The maximum Gasteiger partial charge on any atom is 0.319 e. The number of carbonyl (C=O) groups is 1. The van der Waals surface area contributed by atoms with Gasteiger partial charge in [-0.25, -0.2) is 13.2 Å². The topological polar surface area (TPSA) is 101 Å². The number of amides is 2. The molecular weight excluding hydrogens is 368 g/mol. The molecule has 0 saturated carbocycles. The van der Waals surface area contributed by atoms with Gasteiger partial charge in [-0.3, -0.25) is 4.98 Å². The van der Waals surface area contributed by atoms with Crippen LogP contribution in [-0.4, -0.2) is 43.6 Å². The molecule has 2 amide bonds. The van der Waals surface area contributed by atoms with Crippen molar-refractivity contribution in [3.63, 3.8) is 0 Å². The van der Waals surface area contributed by atoms with Gasteiger partial charge >= 0.3 is 6.03 Å². The zero-order chi connectivity index (χ0) is 19.3. The Morgan fingerprint density at radius 1 is 1.30 bits per heavy atom. The number of benzene rings is 1. The fraction of sp³-hybridized carbons (Fsp3) is 0.333. The van der Waals surface area contributed by atoms with E-state index in [2.05, 4.69) is 15.6 Å². The Morgan fingerprint density at radius 3 is 2.74 bits per heavy atom. The van der Waals surface area contributed by atoms with Gasteiger partial charge in [-0.1, -0.05) is 6.07 Å². The summed E-state index contributed by atoms with van der Waals surface area (Å²) >= 11 is 0. The van der Waals surface area contributed by atoms with Crippen molar-refractivity contribution in [2.45, 2.75) is 30.5 Å². The number of rotatable bonds is 6. The van der Waals surface area contributed by atoms with Gasteiger partial charge in [0, 0.05) is 38.3 Å². The van der Waals surface area contributed by atoms with Crippen LogP contribution in [0.15, 0.2) is 53.7 Å². The van der Waals surface area contributed by atoms with Crippen LogP contribution in [0.1, 0.15) is 18.4 Å². The fourth-order valence-corrected chi connectivity index (χ4v) is 4.55. The van der Waals surface area contributed by atoms with Crippen molar-refractivity contribution in [3.05, 3.63) is 54.4 Å². The lowest BCUT2D eigenvalue weighted by Gasteiger charge is -2.22. The molecule has 1 fully saturated rings. The summed E-state index contributed by atoms with van der Waals surface area (Å²) in [5.74, 6) is 0. The highest BCUT2D eigenvalue weighted by Gasteiger charge is 2.35. The third-order valence-electron chi connectivity index (χ3n) is 4.32. The van der Waals surface area contributed by atoms with Gasteiger partial charge in [-0.15, -0.1) is 0 Å². The predicted octanol–water partition coefficient (Wildman–Crippen LogP) is 2.16. The van der Waals surface area contributed by atoms with Crippen molar-refractivity contribution >= 4 is 21.7 Å². The lowest BCUT2D eigenvalue weighted by molar-refractivity contribution is 0.0406. The highest BCUT2D eigenvalue weighted by Crippen LogP contribution is 2.27. The molecule has 1 saturated heterocycles. The number of nitrogens with one attached hydrogen (secondary N) is 2. The monoisotopic (exact) mass is 390 g/mol. The number of carbonyl (C=O) groups excluding carboxylic acids is 1. The number of urea groups is 1. The normalized spacial score (nSPS) is 17.6. The van der Waals surface area contributed by atoms with Crippen molar-refractivity contribution in [1.82, 2.24) is 14.6 Å². The number of nitrogens with zero attached hydrogens (tertiary/aromatic N) is 2. The van der Waals surface area contributed by atoms with Crippen LogP contribution >= 0.6 is 0 Å². The quantitative estimate of drug-likeness (QED) is 0.787. The first kappa shape index (κ1) is 19.3. The van der Waals surface area contributed by atoms with E-state index < -0.39 is 16.3 Å². The Kier molecular flexibility index (Phi) is 6.04. The van der Waals surface area contributed by atoms with Crippen LogP contribution in [0.3, 0.4) is 0 Å². The molecule has 2 N–H and O–H groups in total. The van der Waals surface area contributed by atoms with Crippen molar-refractivity contribution < 1.29 is 17.9 Å². The molecule has 2 heterocycles. The van der Waals surface area contributed by atoms with Crippen molar-refractivity contribution in [2.75, 3.05) is 19.0 Å². The third-order valence-corrected chi connectivity index (χ3v) is 6.22. The van der Waals surface area contributed by atoms with Gasteiger partial charge in [-0.05, 0) is 48.7 Å². The Bertz CT molecular complexity index is 872. The Balaban J connectivity index is 1.60. The third kappa shape index (κ3) is 4.62. The molecule has 9 heteroatoms. The molecule has 0 bridgehead atoms. The smallest absolute Gasteiger partial charge is 0.319 e. The number of pyridine rings is 1. The molecule has 3 rings (SSSR count). The molecule has 2 aromatic rings. The second kappa shape index (κ2) is 8.47. The number of ether oxygens (including phenoxy) is 1. The summed E-state index contributed by atoms with van der Waals surface area (Å²) in [4.78, 5) is 16.1. The van der Waals surface area contributed by atoms with E-state index in [0.717, 1.165) is 12.0 Å². The fourth-order valence-electron chi connectivity index (χ4n) is 2.93. The summed E-state index contributed by atoms with van der Waals surface area (Å²) in [6.45, 7) is 0.789. The van der Waals surface area contributed by atoms with E-state index in [1.165, 1.54) is 23.5 Å². The van der Waals surface area contributed by atoms with E-state index in [0.29, 0.717) is 25.2 Å². The summed E-state index contributed by atoms with van der Waals surface area (Å²) in [5.41, 5.74) is 1.38. The van der Waals surface area contributed by atoms with Crippen molar-refractivity contribution in [1.29, 1.82) is 0 Å². The minimum absolute atomic E-state index is 0.174. The minimum atomic E-state index is -3.62. The zero-order valence-electron chi connectivity index (χ0n) is 15.0. The van der Waals surface area contributed by atoms with Crippen LogP contribution in [-0.2, 0) is 21.3 Å². The average Bonchev–Trinajstić information content (AvgIpc) is 3.17. The van der Waals surface area contributed by atoms with Gasteiger partial charge in [0.2, 0.25) is 10.0 Å². The number of methoxy groups -OCH3 is 1. The summed E-state index contributed by atoms with van der Waals surface area (Å²) in [7, 11) is -2.11. The predicted molar refractivity (Wildman–Crippen MR) is 100 cm³/mol. The summed E-state index contributed by atoms with van der Waals surface area (Å²) < 4.78 is 32.1. The molecule has 0 aliphatic carbocycles. The van der Waals surface area contributed by atoms with Crippen LogP contribution in [0.2, 0.25) is 0 Å². The standard InChI is InChI=1S/C18H22N4O4S/c1-26-17-5-3-11-22(17)27(24,25)16-8-6-15(7-9-16)21-18(23)20-13-14-4-2-10-19-12-14/h2,4,6-10,12,17H,3,5,11,13H2,1H3,(H2,20,21,23)/t17-/m0/s1. The van der Waals surface area contributed by atoms with Crippen LogP contribution in [0, 0.1) is 0 Å². The van der Waals surface area contributed by atoms with Crippen LogP contribution in [0.4, 0.5) is 10.5 Å². The summed E-state index contributed by atoms with van der Waals surface area (Å²) in [6, 6.07) is 9.37. The van der Waals surface area contributed by atoms with E-state index in [4.69, 9.17) is 4.74 Å².